The molecule has 0 bridgehead atoms. The number of ether oxygens (including phenoxy) is 1. The molecule has 0 aromatic heterocycles. The van der Waals surface area contributed by atoms with Crippen molar-refractivity contribution in [2.75, 3.05) is 25.2 Å². The maximum Gasteiger partial charge on any atom is 0.183 e. The molecule has 1 N–H and O–H groups in total. The first kappa shape index (κ1) is 22.3. The van der Waals surface area contributed by atoms with Gasteiger partial charge < -0.3 is 10.1 Å². The SMILES string of the molecule is COc1ccccc1CCN[C@H]1CS(=O)(=O)C[C@@H]1S(=O)(=O)c1ccc2c(c1)CCCC2. The van der Waals surface area contributed by atoms with Crippen LogP contribution in [-0.2, 0) is 38.9 Å². The van der Waals surface area contributed by atoms with E-state index in [0.29, 0.717) is 13.0 Å². The fourth-order valence-electron chi connectivity index (χ4n) is 4.67. The molecule has 168 valence electrons. The molecule has 0 unspecified atom stereocenters. The molecule has 0 amide bonds. The molecule has 1 fully saturated rings. The van der Waals surface area contributed by atoms with Gasteiger partial charge in [-0.05, 0) is 73.5 Å². The van der Waals surface area contributed by atoms with Gasteiger partial charge in [0.1, 0.15) is 5.75 Å². The number of benzene rings is 2. The number of sulfone groups is 2. The monoisotopic (exact) mass is 463 g/mol. The summed E-state index contributed by atoms with van der Waals surface area (Å²) in [5.41, 5.74) is 3.28. The lowest BCUT2D eigenvalue weighted by Crippen LogP contribution is -2.44. The molecule has 6 nitrogen and oxygen atoms in total. The first-order valence-corrected chi connectivity index (χ1v) is 14.1. The van der Waals surface area contributed by atoms with Gasteiger partial charge in [0, 0.05) is 6.04 Å². The summed E-state index contributed by atoms with van der Waals surface area (Å²) in [6.07, 6.45) is 4.65. The van der Waals surface area contributed by atoms with Crippen molar-refractivity contribution in [3.63, 3.8) is 0 Å². The van der Waals surface area contributed by atoms with Crippen molar-refractivity contribution in [3.8, 4) is 5.75 Å². The number of fused-ring (bicyclic) bond motifs is 1. The highest BCUT2D eigenvalue weighted by Gasteiger charge is 2.45. The number of para-hydroxylation sites is 1. The molecule has 2 atom stereocenters. The Morgan fingerprint density at radius 1 is 1.03 bits per heavy atom. The summed E-state index contributed by atoms with van der Waals surface area (Å²) in [6.45, 7) is 0.469. The highest BCUT2D eigenvalue weighted by molar-refractivity contribution is 7.96. The van der Waals surface area contributed by atoms with Crippen LogP contribution < -0.4 is 10.1 Å². The highest BCUT2D eigenvalue weighted by Crippen LogP contribution is 2.30. The summed E-state index contributed by atoms with van der Waals surface area (Å²) in [4.78, 5) is 0.242. The first-order valence-electron chi connectivity index (χ1n) is 10.7. The Balaban J connectivity index is 1.53. The van der Waals surface area contributed by atoms with Crippen LogP contribution in [0.1, 0.15) is 29.5 Å². The maximum absolute atomic E-state index is 13.4. The van der Waals surface area contributed by atoms with Gasteiger partial charge >= 0.3 is 0 Å². The van der Waals surface area contributed by atoms with Crippen LogP contribution in [0.3, 0.4) is 0 Å². The van der Waals surface area contributed by atoms with E-state index in [-0.39, 0.29) is 16.4 Å². The average Bonchev–Trinajstić information content (AvgIpc) is 3.09. The molecule has 0 saturated carbocycles. The zero-order valence-corrected chi connectivity index (χ0v) is 19.3. The van der Waals surface area contributed by atoms with E-state index in [1.807, 2.05) is 30.3 Å². The fraction of sp³-hybridized carbons (Fsp3) is 0.478. The molecule has 2 aliphatic rings. The van der Waals surface area contributed by atoms with Crippen LogP contribution in [0.4, 0.5) is 0 Å². The summed E-state index contributed by atoms with van der Waals surface area (Å²) in [5, 5.41) is 2.24. The lowest BCUT2D eigenvalue weighted by molar-refractivity contribution is 0.408. The Morgan fingerprint density at radius 2 is 1.77 bits per heavy atom. The first-order chi connectivity index (χ1) is 14.8. The van der Waals surface area contributed by atoms with E-state index in [1.165, 1.54) is 5.56 Å². The number of rotatable bonds is 7. The largest absolute Gasteiger partial charge is 0.496 e. The molecule has 4 rings (SSSR count). The van der Waals surface area contributed by atoms with Crippen molar-refractivity contribution in [2.45, 2.75) is 48.3 Å². The minimum absolute atomic E-state index is 0.159. The van der Waals surface area contributed by atoms with Gasteiger partial charge in [-0.15, -0.1) is 0 Å². The van der Waals surface area contributed by atoms with Crippen molar-refractivity contribution in [2.24, 2.45) is 0 Å². The molecule has 1 aliphatic heterocycles. The van der Waals surface area contributed by atoms with Crippen LogP contribution in [0.5, 0.6) is 5.75 Å². The third-order valence-corrected chi connectivity index (χ3v) is 10.5. The van der Waals surface area contributed by atoms with E-state index in [0.717, 1.165) is 42.6 Å². The molecule has 1 saturated heterocycles. The molecule has 2 aromatic rings. The number of nitrogens with one attached hydrogen (secondary N) is 1. The van der Waals surface area contributed by atoms with E-state index in [1.54, 1.807) is 19.2 Å². The van der Waals surface area contributed by atoms with Crippen LogP contribution in [0.25, 0.3) is 0 Å². The second-order valence-electron chi connectivity index (χ2n) is 8.42. The fourth-order valence-corrected chi connectivity index (χ4v) is 9.44. The van der Waals surface area contributed by atoms with Crippen LogP contribution in [0.2, 0.25) is 0 Å². The predicted molar refractivity (Wildman–Crippen MR) is 121 cm³/mol. The molecular weight excluding hydrogens is 434 g/mol. The lowest BCUT2D eigenvalue weighted by atomic mass is 9.92. The number of hydrogen-bond acceptors (Lipinski definition) is 6. The van der Waals surface area contributed by atoms with Crippen molar-refractivity contribution in [1.82, 2.24) is 5.32 Å². The predicted octanol–water partition coefficient (Wildman–Crippen LogP) is 2.35. The zero-order valence-electron chi connectivity index (χ0n) is 17.7. The van der Waals surface area contributed by atoms with Crippen molar-refractivity contribution < 1.29 is 21.6 Å². The standard InChI is InChI=1S/C23H29NO5S2/c1-29-22-9-5-4-7-18(22)12-13-24-21-15-30(25,26)16-23(21)31(27,28)20-11-10-17-6-2-3-8-19(17)14-20/h4-5,7,9-11,14,21,23-24H,2-3,6,8,12-13,15-16H2,1H3/t21-,23-/m0/s1. The van der Waals surface area contributed by atoms with Crippen LogP contribution in [-0.4, -0.2) is 53.3 Å². The summed E-state index contributed by atoms with van der Waals surface area (Å²) in [7, 11) is -5.59. The normalized spacial score (nSPS) is 22.7. The van der Waals surface area contributed by atoms with Crippen molar-refractivity contribution in [1.29, 1.82) is 0 Å². The van der Waals surface area contributed by atoms with Gasteiger partial charge in [0.15, 0.2) is 19.7 Å². The van der Waals surface area contributed by atoms with E-state index in [4.69, 9.17) is 4.74 Å². The third-order valence-electron chi connectivity index (χ3n) is 6.34. The minimum Gasteiger partial charge on any atom is -0.496 e. The molecule has 31 heavy (non-hydrogen) atoms. The van der Waals surface area contributed by atoms with Gasteiger partial charge in [0.05, 0.1) is 28.8 Å². The summed E-state index contributed by atoms with van der Waals surface area (Å²) in [5.74, 6) is 0.272. The Hall–Kier alpha value is -1.90. The molecule has 1 aliphatic carbocycles. The second-order valence-corrected chi connectivity index (χ2v) is 12.7. The summed E-state index contributed by atoms with van der Waals surface area (Å²) < 4.78 is 57.0. The van der Waals surface area contributed by atoms with E-state index in [9.17, 15) is 16.8 Å². The van der Waals surface area contributed by atoms with Gasteiger partial charge in [-0.2, -0.15) is 0 Å². The lowest BCUT2D eigenvalue weighted by Gasteiger charge is -2.22. The van der Waals surface area contributed by atoms with Crippen molar-refractivity contribution >= 4 is 19.7 Å². The molecule has 1 heterocycles. The van der Waals surface area contributed by atoms with Crippen LogP contribution >= 0.6 is 0 Å². The quantitative estimate of drug-likeness (QED) is 0.678. The molecule has 0 radical (unpaired) electrons. The highest BCUT2D eigenvalue weighted by atomic mass is 32.2. The summed E-state index contributed by atoms with van der Waals surface area (Å²) >= 11 is 0. The Bertz CT molecular complexity index is 1160. The van der Waals surface area contributed by atoms with Crippen molar-refractivity contribution in [3.05, 3.63) is 59.2 Å². The van der Waals surface area contributed by atoms with Gasteiger partial charge in [-0.1, -0.05) is 24.3 Å². The molecule has 8 heteroatoms. The zero-order chi connectivity index (χ0) is 22.1. The van der Waals surface area contributed by atoms with E-state index < -0.39 is 31.0 Å². The number of aryl methyl sites for hydroxylation is 2. The number of methoxy groups -OCH3 is 1. The smallest absolute Gasteiger partial charge is 0.183 e. The Labute approximate surface area is 184 Å². The Morgan fingerprint density at radius 3 is 2.55 bits per heavy atom. The van der Waals surface area contributed by atoms with E-state index in [2.05, 4.69) is 5.32 Å². The second kappa shape index (κ2) is 8.92. The van der Waals surface area contributed by atoms with Crippen LogP contribution in [0, 0.1) is 0 Å². The minimum atomic E-state index is -3.77. The van der Waals surface area contributed by atoms with Crippen LogP contribution in [0.15, 0.2) is 47.4 Å². The van der Waals surface area contributed by atoms with Gasteiger partial charge in [0.25, 0.3) is 0 Å². The third kappa shape index (κ3) is 4.81. The number of hydrogen-bond donors (Lipinski definition) is 1. The molecule has 2 aromatic carbocycles. The van der Waals surface area contributed by atoms with Gasteiger partial charge in [-0.3, -0.25) is 0 Å². The maximum atomic E-state index is 13.4. The van der Waals surface area contributed by atoms with Gasteiger partial charge in [0.2, 0.25) is 0 Å². The van der Waals surface area contributed by atoms with Gasteiger partial charge in [-0.25, -0.2) is 16.8 Å². The van der Waals surface area contributed by atoms with E-state index >= 15 is 0 Å². The molecule has 0 spiro atoms. The Kier molecular flexibility index (Phi) is 6.42. The topological polar surface area (TPSA) is 89.5 Å². The average molecular weight is 464 g/mol. The summed E-state index contributed by atoms with van der Waals surface area (Å²) in [6, 6.07) is 12.3. The molecular formula is C23H29NO5S2.